The number of rotatable bonds is 5. The van der Waals surface area contributed by atoms with Crippen molar-refractivity contribution < 1.29 is 9.32 Å². The second-order valence-corrected chi connectivity index (χ2v) is 7.31. The van der Waals surface area contributed by atoms with Gasteiger partial charge < -0.3 is 14.7 Å². The minimum Gasteiger partial charge on any atom is -0.365 e. The Kier molecular flexibility index (Phi) is 5.15. The molecule has 1 aromatic heterocycles. The van der Waals surface area contributed by atoms with Crippen LogP contribution in [0.25, 0.3) is 0 Å². The fraction of sp³-hybridized carbons (Fsp3) is 0.304. The highest BCUT2D eigenvalue weighted by Crippen LogP contribution is 2.30. The Hall–Kier alpha value is -3.08. The predicted molar refractivity (Wildman–Crippen MR) is 111 cm³/mol. The van der Waals surface area contributed by atoms with E-state index >= 15 is 0 Å². The van der Waals surface area contributed by atoms with Gasteiger partial charge >= 0.3 is 0 Å². The molecule has 0 aliphatic carbocycles. The first-order valence-corrected chi connectivity index (χ1v) is 9.74. The summed E-state index contributed by atoms with van der Waals surface area (Å²) in [6.07, 6.45) is 2.05. The van der Waals surface area contributed by atoms with Gasteiger partial charge in [0, 0.05) is 25.1 Å². The van der Waals surface area contributed by atoms with Gasteiger partial charge in [-0.15, -0.1) is 0 Å². The number of nitrogens with zero attached hydrogens (tertiary/aromatic N) is 2. The first kappa shape index (κ1) is 18.3. The van der Waals surface area contributed by atoms with Crippen molar-refractivity contribution in [1.29, 1.82) is 0 Å². The van der Waals surface area contributed by atoms with Crippen LogP contribution in [0, 0.1) is 13.8 Å². The van der Waals surface area contributed by atoms with Gasteiger partial charge in [0.25, 0.3) is 0 Å². The van der Waals surface area contributed by atoms with E-state index in [2.05, 4.69) is 45.7 Å². The molecule has 2 heterocycles. The van der Waals surface area contributed by atoms with E-state index < -0.39 is 0 Å². The maximum absolute atomic E-state index is 12.6. The van der Waals surface area contributed by atoms with Crippen LogP contribution in [-0.4, -0.2) is 17.6 Å². The Bertz CT molecular complexity index is 974. The van der Waals surface area contributed by atoms with Gasteiger partial charge in [-0.1, -0.05) is 41.6 Å². The lowest BCUT2D eigenvalue weighted by molar-refractivity contribution is -0.116. The molecule has 0 atom stereocenters. The lowest BCUT2D eigenvalue weighted by atomic mass is 9.99. The summed E-state index contributed by atoms with van der Waals surface area (Å²) in [5.41, 5.74) is 6.59. The predicted octanol–water partition coefficient (Wildman–Crippen LogP) is 4.43. The second-order valence-electron chi connectivity index (χ2n) is 7.31. The van der Waals surface area contributed by atoms with Gasteiger partial charge in [-0.05, 0) is 49.9 Å². The number of amides is 1. The van der Waals surface area contributed by atoms with Gasteiger partial charge in [-0.2, -0.15) is 0 Å². The Morgan fingerprint density at radius 2 is 1.86 bits per heavy atom. The molecule has 1 amide bonds. The van der Waals surface area contributed by atoms with Crippen LogP contribution < -0.4 is 10.2 Å². The van der Waals surface area contributed by atoms with Crippen LogP contribution in [0.5, 0.6) is 0 Å². The van der Waals surface area contributed by atoms with Gasteiger partial charge in [-0.3, -0.25) is 4.79 Å². The third-order valence-corrected chi connectivity index (χ3v) is 5.43. The number of aryl methyl sites for hydroxylation is 2. The van der Waals surface area contributed by atoms with E-state index in [1.807, 2.05) is 32.0 Å². The molecular weight excluding hydrogens is 350 g/mol. The molecule has 0 fully saturated rings. The molecule has 0 bridgehead atoms. The molecule has 5 heteroatoms. The molecule has 1 aliphatic heterocycles. The van der Waals surface area contributed by atoms with Gasteiger partial charge in [0.1, 0.15) is 5.76 Å². The number of aromatic nitrogens is 1. The van der Waals surface area contributed by atoms with Crippen LogP contribution in [0.2, 0.25) is 0 Å². The summed E-state index contributed by atoms with van der Waals surface area (Å²) in [5.74, 6) is 0.794. The monoisotopic (exact) mass is 375 g/mol. The molecule has 1 N–H and O–H groups in total. The van der Waals surface area contributed by atoms with E-state index in [1.165, 1.54) is 11.1 Å². The molecule has 28 heavy (non-hydrogen) atoms. The molecule has 0 saturated heterocycles. The standard InChI is InChI=1S/C23H25N3O2/c1-16-20(17(2)28-25-16)11-12-23(27)24-21-9-5-6-10-22(21)26-14-13-18-7-3-4-8-19(18)15-26/h3-10H,11-15H2,1-2H3,(H,24,27). The maximum atomic E-state index is 12.6. The van der Waals surface area contributed by atoms with Crippen molar-refractivity contribution in [3.8, 4) is 0 Å². The van der Waals surface area contributed by atoms with Crippen LogP contribution in [0.4, 0.5) is 11.4 Å². The van der Waals surface area contributed by atoms with Gasteiger partial charge in [0.15, 0.2) is 0 Å². The summed E-state index contributed by atoms with van der Waals surface area (Å²) < 4.78 is 5.18. The topological polar surface area (TPSA) is 58.4 Å². The molecular formula is C23H25N3O2. The zero-order valence-corrected chi connectivity index (χ0v) is 16.4. The first-order valence-electron chi connectivity index (χ1n) is 9.74. The summed E-state index contributed by atoms with van der Waals surface area (Å²) in [5, 5.41) is 7.06. The highest BCUT2D eigenvalue weighted by molar-refractivity contribution is 5.94. The third kappa shape index (κ3) is 3.79. The lowest BCUT2D eigenvalue weighted by Crippen LogP contribution is -2.31. The van der Waals surface area contributed by atoms with E-state index in [9.17, 15) is 4.79 Å². The van der Waals surface area contributed by atoms with E-state index in [-0.39, 0.29) is 5.91 Å². The van der Waals surface area contributed by atoms with Crippen molar-refractivity contribution in [3.63, 3.8) is 0 Å². The fourth-order valence-electron chi connectivity index (χ4n) is 3.87. The molecule has 1 aliphatic rings. The lowest BCUT2D eigenvalue weighted by Gasteiger charge is -2.32. The third-order valence-electron chi connectivity index (χ3n) is 5.43. The Balaban J connectivity index is 1.45. The number of hydrogen-bond acceptors (Lipinski definition) is 4. The van der Waals surface area contributed by atoms with Crippen molar-refractivity contribution >= 4 is 17.3 Å². The molecule has 0 unspecified atom stereocenters. The van der Waals surface area contributed by atoms with E-state index in [0.29, 0.717) is 12.8 Å². The summed E-state index contributed by atoms with van der Waals surface area (Å²) in [7, 11) is 0. The highest BCUT2D eigenvalue weighted by atomic mass is 16.5. The number of hydrogen-bond donors (Lipinski definition) is 1. The van der Waals surface area contributed by atoms with E-state index in [4.69, 9.17) is 4.52 Å². The summed E-state index contributed by atoms with van der Waals surface area (Å²) in [6, 6.07) is 16.6. The SMILES string of the molecule is Cc1noc(C)c1CCC(=O)Nc1ccccc1N1CCc2ccccc2C1. The molecule has 0 radical (unpaired) electrons. The number of carbonyl (C=O) groups is 1. The molecule has 3 aromatic rings. The fourth-order valence-corrected chi connectivity index (χ4v) is 3.87. The van der Waals surface area contributed by atoms with Crippen LogP contribution in [0.3, 0.4) is 0 Å². The molecule has 4 rings (SSSR count). The van der Waals surface area contributed by atoms with Crippen LogP contribution >= 0.6 is 0 Å². The highest BCUT2D eigenvalue weighted by Gasteiger charge is 2.19. The normalized spacial score (nSPS) is 13.3. The number of benzene rings is 2. The second kappa shape index (κ2) is 7.89. The average Bonchev–Trinajstić information content (AvgIpc) is 3.04. The zero-order chi connectivity index (χ0) is 19.5. The van der Waals surface area contributed by atoms with E-state index in [1.54, 1.807) is 0 Å². The van der Waals surface area contributed by atoms with Crippen LogP contribution in [0.1, 0.15) is 34.6 Å². The van der Waals surface area contributed by atoms with Crippen molar-refractivity contribution in [2.24, 2.45) is 0 Å². The summed E-state index contributed by atoms with van der Waals surface area (Å²) >= 11 is 0. The number of para-hydroxylation sites is 2. The molecule has 5 nitrogen and oxygen atoms in total. The largest absolute Gasteiger partial charge is 0.365 e. The Morgan fingerprint density at radius 3 is 2.64 bits per heavy atom. The number of fused-ring (bicyclic) bond motifs is 1. The smallest absolute Gasteiger partial charge is 0.224 e. The molecule has 0 saturated carbocycles. The van der Waals surface area contributed by atoms with Gasteiger partial charge in [0.05, 0.1) is 17.1 Å². The maximum Gasteiger partial charge on any atom is 0.224 e. The molecule has 144 valence electrons. The minimum absolute atomic E-state index is 0.00450. The van der Waals surface area contributed by atoms with Crippen molar-refractivity contribution in [1.82, 2.24) is 5.16 Å². The number of anilines is 2. The minimum atomic E-state index is 0.00450. The Morgan fingerprint density at radius 1 is 1.11 bits per heavy atom. The number of carbonyl (C=O) groups excluding carboxylic acids is 1. The zero-order valence-electron chi connectivity index (χ0n) is 16.4. The van der Waals surface area contributed by atoms with Crippen LogP contribution in [0.15, 0.2) is 53.1 Å². The molecule has 0 spiro atoms. The first-order chi connectivity index (χ1) is 13.6. The average molecular weight is 375 g/mol. The van der Waals surface area contributed by atoms with Gasteiger partial charge in [0.2, 0.25) is 5.91 Å². The molecule has 2 aromatic carbocycles. The van der Waals surface area contributed by atoms with Crippen molar-refractivity contribution in [2.75, 3.05) is 16.8 Å². The van der Waals surface area contributed by atoms with Crippen molar-refractivity contribution in [2.45, 2.75) is 39.7 Å². The van der Waals surface area contributed by atoms with Crippen molar-refractivity contribution in [3.05, 3.63) is 76.7 Å². The van der Waals surface area contributed by atoms with Gasteiger partial charge in [-0.25, -0.2) is 0 Å². The van der Waals surface area contributed by atoms with E-state index in [0.717, 1.165) is 47.9 Å². The summed E-state index contributed by atoms with van der Waals surface area (Å²) in [6.45, 7) is 5.61. The van der Waals surface area contributed by atoms with Crippen LogP contribution in [-0.2, 0) is 24.2 Å². The number of nitrogens with one attached hydrogen (secondary N) is 1. The Labute approximate surface area is 165 Å². The quantitative estimate of drug-likeness (QED) is 0.717. The summed E-state index contributed by atoms with van der Waals surface area (Å²) in [4.78, 5) is 14.9.